The molecule has 0 aliphatic carbocycles. The van der Waals surface area contributed by atoms with Gasteiger partial charge in [-0.3, -0.25) is 9.59 Å². The van der Waals surface area contributed by atoms with E-state index in [1.54, 1.807) is 42.5 Å². The molecule has 146 valence electrons. The van der Waals surface area contributed by atoms with E-state index in [4.69, 9.17) is 14.3 Å². The number of furan rings is 1. The van der Waals surface area contributed by atoms with E-state index in [2.05, 4.69) is 15.5 Å². The Morgan fingerprint density at radius 2 is 2.03 bits per heavy atom. The average molecular weight is 392 g/mol. The molecule has 9 nitrogen and oxygen atoms in total. The lowest BCUT2D eigenvalue weighted by Crippen LogP contribution is -2.10. The monoisotopic (exact) mass is 392 g/mol. The van der Waals surface area contributed by atoms with Gasteiger partial charge in [0.15, 0.2) is 5.76 Å². The molecule has 0 amide bonds. The highest BCUT2D eigenvalue weighted by Gasteiger charge is 2.25. The molecule has 2 aromatic heterocycles. The molecule has 9 heteroatoms. The number of carboxylic acids is 1. The molecule has 2 aromatic carbocycles. The second-order valence-corrected chi connectivity index (χ2v) is 6.27. The summed E-state index contributed by atoms with van der Waals surface area (Å²) in [5, 5.41) is 20.9. The molecule has 0 spiro atoms. The van der Waals surface area contributed by atoms with Crippen LogP contribution in [0.4, 0.5) is 0 Å². The number of benzene rings is 2. The van der Waals surface area contributed by atoms with Crippen molar-refractivity contribution in [2.75, 3.05) is 7.11 Å². The Hall–Kier alpha value is -4.01. The van der Waals surface area contributed by atoms with Crippen LogP contribution in [-0.2, 0) is 11.2 Å². The summed E-state index contributed by atoms with van der Waals surface area (Å²) in [7, 11) is 1.53. The van der Waals surface area contributed by atoms with Crippen molar-refractivity contribution < 1.29 is 23.8 Å². The van der Waals surface area contributed by atoms with E-state index < -0.39 is 5.97 Å². The Kier molecular flexibility index (Phi) is 4.78. The first-order chi connectivity index (χ1) is 14.1. The van der Waals surface area contributed by atoms with Crippen LogP contribution in [0.1, 0.15) is 28.1 Å². The van der Waals surface area contributed by atoms with Crippen molar-refractivity contribution in [2.45, 2.75) is 12.8 Å². The van der Waals surface area contributed by atoms with Crippen LogP contribution < -0.4 is 4.74 Å². The van der Waals surface area contributed by atoms with Gasteiger partial charge < -0.3 is 14.3 Å². The SMILES string of the molecule is COc1ccc2c(CCC(=O)O)c(C(=O)c3ccccc3-n3cnnn3)oc2c1. The number of aromatic nitrogens is 4. The van der Waals surface area contributed by atoms with Gasteiger partial charge in [-0.2, -0.15) is 4.68 Å². The van der Waals surface area contributed by atoms with Crippen LogP contribution in [0.25, 0.3) is 16.7 Å². The molecular weight excluding hydrogens is 376 g/mol. The van der Waals surface area contributed by atoms with Gasteiger partial charge in [0, 0.05) is 23.4 Å². The molecule has 0 unspecified atom stereocenters. The van der Waals surface area contributed by atoms with Crippen LogP contribution in [0.3, 0.4) is 0 Å². The van der Waals surface area contributed by atoms with Crippen LogP contribution >= 0.6 is 0 Å². The Bertz CT molecular complexity index is 1200. The third kappa shape index (κ3) is 3.45. The van der Waals surface area contributed by atoms with Gasteiger partial charge in [0.1, 0.15) is 17.7 Å². The maximum Gasteiger partial charge on any atom is 0.303 e. The zero-order valence-corrected chi connectivity index (χ0v) is 15.4. The summed E-state index contributed by atoms with van der Waals surface area (Å²) in [5.74, 6) is -0.675. The van der Waals surface area contributed by atoms with Crippen molar-refractivity contribution >= 4 is 22.7 Å². The Morgan fingerprint density at radius 1 is 1.21 bits per heavy atom. The number of aryl methyl sites for hydroxylation is 1. The topological polar surface area (TPSA) is 120 Å². The fourth-order valence-electron chi connectivity index (χ4n) is 3.18. The van der Waals surface area contributed by atoms with Crippen LogP contribution in [0.5, 0.6) is 5.75 Å². The normalized spacial score (nSPS) is 10.9. The fourth-order valence-corrected chi connectivity index (χ4v) is 3.18. The smallest absolute Gasteiger partial charge is 0.303 e. The van der Waals surface area contributed by atoms with Crippen molar-refractivity contribution in [1.82, 2.24) is 20.2 Å². The molecule has 0 radical (unpaired) electrons. The molecule has 29 heavy (non-hydrogen) atoms. The lowest BCUT2D eigenvalue weighted by atomic mass is 9.99. The molecule has 0 bridgehead atoms. The molecule has 2 heterocycles. The number of tetrazole rings is 1. The minimum atomic E-state index is -0.958. The number of para-hydroxylation sites is 1. The van der Waals surface area contributed by atoms with Gasteiger partial charge in [-0.05, 0) is 41.1 Å². The maximum atomic E-state index is 13.4. The van der Waals surface area contributed by atoms with E-state index in [0.717, 1.165) is 0 Å². The number of hydrogen-bond donors (Lipinski definition) is 1. The Labute approximate surface area is 164 Å². The van der Waals surface area contributed by atoms with Crippen LogP contribution in [0, 0.1) is 0 Å². The lowest BCUT2D eigenvalue weighted by Gasteiger charge is -2.07. The first-order valence-electron chi connectivity index (χ1n) is 8.76. The number of ether oxygens (including phenoxy) is 1. The molecule has 0 saturated carbocycles. The van der Waals surface area contributed by atoms with Crippen molar-refractivity contribution in [2.24, 2.45) is 0 Å². The van der Waals surface area contributed by atoms with Gasteiger partial charge in [-0.1, -0.05) is 12.1 Å². The summed E-state index contributed by atoms with van der Waals surface area (Å²) in [5.41, 5.74) is 1.82. The molecule has 4 aromatic rings. The molecule has 0 fully saturated rings. The van der Waals surface area contributed by atoms with Crippen molar-refractivity contribution in [3.8, 4) is 11.4 Å². The third-order valence-electron chi connectivity index (χ3n) is 4.54. The predicted molar refractivity (Wildman–Crippen MR) is 101 cm³/mol. The Balaban J connectivity index is 1.86. The standard InChI is InChI=1S/C20H16N4O5/c1-28-12-6-7-13-14(8-9-18(25)26)20(29-17(13)10-12)19(27)15-4-2-3-5-16(15)24-11-21-22-23-24/h2-7,10-11H,8-9H2,1H3,(H,25,26). The molecule has 4 rings (SSSR count). The number of aliphatic carboxylic acids is 1. The Morgan fingerprint density at radius 3 is 2.76 bits per heavy atom. The zero-order valence-electron chi connectivity index (χ0n) is 15.4. The van der Waals surface area contributed by atoms with E-state index >= 15 is 0 Å². The van der Waals surface area contributed by atoms with Gasteiger partial charge in [-0.15, -0.1) is 5.10 Å². The number of hydrogen-bond acceptors (Lipinski definition) is 7. The summed E-state index contributed by atoms with van der Waals surface area (Å²) in [6, 6.07) is 12.0. The predicted octanol–water partition coefficient (Wildman–Crippen LogP) is 2.67. The summed E-state index contributed by atoms with van der Waals surface area (Å²) in [4.78, 5) is 24.5. The first kappa shape index (κ1) is 18.4. The van der Waals surface area contributed by atoms with Gasteiger partial charge in [-0.25, -0.2) is 0 Å². The number of fused-ring (bicyclic) bond motifs is 1. The fraction of sp³-hybridized carbons (Fsp3) is 0.150. The summed E-state index contributed by atoms with van der Waals surface area (Å²) >= 11 is 0. The van der Waals surface area contributed by atoms with Gasteiger partial charge in [0.25, 0.3) is 0 Å². The molecule has 0 saturated heterocycles. The largest absolute Gasteiger partial charge is 0.497 e. The van der Waals surface area contributed by atoms with Gasteiger partial charge >= 0.3 is 5.97 Å². The number of ketones is 1. The second kappa shape index (κ2) is 7.55. The molecule has 0 aliphatic rings. The zero-order chi connectivity index (χ0) is 20.4. The van der Waals surface area contributed by atoms with E-state index in [-0.39, 0.29) is 24.4 Å². The number of methoxy groups -OCH3 is 1. The summed E-state index contributed by atoms with van der Waals surface area (Å²) < 4.78 is 12.5. The maximum absolute atomic E-state index is 13.4. The van der Waals surface area contributed by atoms with Crippen molar-refractivity contribution in [3.05, 3.63) is 65.7 Å². The van der Waals surface area contributed by atoms with Crippen molar-refractivity contribution in [1.29, 1.82) is 0 Å². The number of carbonyl (C=O) groups is 2. The third-order valence-corrected chi connectivity index (χ3v) is 4.54. The number of carboxylic acid groups (broad SMARTS) is 1. The van der Waals surface area contributed by atoms with Gasteiger partial charge in [0.2, 0.25) is 5.78 Å². The molecule has 1 N–H and O–H groups in total. The minimum Gasteiger partial charge on any atom is -0.497 e. The molecule has 0 aliphatic heterocycles. The highest BCUT2D eigenvalue weighted by molar-refractivity contribution is 6.12. The van der Waals surface area contributed by atoms with E-state index in [1.807, 2.05) is 0 Å². The summed E-state index contributed by atoms with van der Waals surface area (Å²) in [6.07, 6.45) is 1.42. The van der Waals surface area contributed by atoms with E-state index in [9.17, 15) is 9.59 Å². The quantitative estimate of drug-likeness (QED) is 0.477. The van der Waals surface area contributed by atoms with Crippen LogP contribution in [0.2, 0.25) is 0 Å². The second-order valence-electron chi connectivity index (χ2n) is 6.27. The minimum absolute atomic E-state index is 0.0926. The highest BCUT2D eigenvalue weighted by atomic mass is 16.5. The van der Waals surface area contributed by atoms with E-state index in [1.165, 1.54) is 18.1 Å². The van der Waals surface area contributed by atoms with Crippen LogP contribution in [-0.4, -0.2) is 44.2 Å². The first-order valence-corrected chi connectivity index (χ1v) is 8.76. The lowest BCUT2D eigenvalue weighted by molar-refractivity contribution is -0.136. The average Bonchev–Trinajstić information content (AvgIpc) is 3.39. The van der Waals surface area contributed by atoms with Crippen LogP contribution in [0.15, 0.2) is 53.2 Å². The molecular formula is C20H16N4O5. The number of nitrogens with zero attached hydrogens (tertiary/aromatic N) is 4. The van der Waals surface area contributed by atoms with Crippen molar-refractivity contribution in [3.63, 3.8) is 0 Å². The molecule has 0 atom stereocenters. The van der Waals surface area contributed by atoms with E-state index in [0.29, 0.717) is 33.5 Å². The number of rotatable bonds is 7. The summed E-state index contributed by atoms with van der Waals surface area (Å²) in [6.45, 7) is 0. The van der Waals surface area contributed by atoms with Gasteiger partial charge in [0.05, 0.1) is 18.4 Å². The highest BCUT2D eigenvalue weighted by Crippen LogP contribution is 2.32. The number of carbonyl (C=O) groups excluding carboxylic acids is 1.